The molecular weight excluding hydrogens is 196 g/mol. The lowest BCUT2D eigenvalue weighted by Crippen LogP contribution is -2.59. The molecule has 1 aliphatic rings. The molecule has 1 amide bonds. The Kier molecular flexibility index (Phi) is 2.55. The maximum absolute atomic E-state index is 11.8. The first kappa shape index (κ1) is 9.92. The standard InChI is InChI=1S/C10H12N2O3/c1-6-10(14)12-7(5-11-6)9(13)8-3-2-4-15-8/h2-4,6-7,11H,5H2,1H3,(H,12,14)/t6-,7?/m0/s1. The molecular formula is C10H12N2O3. The largest absolute Gasteiger partial charge is 0.461 e. The first-order valence-electron chi connectivity index (χ1n) is 4.80. The summed E-state index contributed by atoms with van der Waals surface area (Å²) < 4.78 is 4.98. The average Bonchev–Trinajstić information content (AvgIpc) is 2.74. The molecule has 0 aromatic carbocycles. The van der Waals surface area contributed by atoms with Crippen molar-refractivity contribution < 1.29 is 14.0 Å². The third-order valence-electron chi connectivity index (χ3n) is 2.42. The number of hydrogen-bond donors (Lipinski definition) is 2. The van der Waals surface area contributed by atoms with Crippen molar-refractivity contribution in [3.63, 3.8) is 0 Å². The highest BCUT2D eigenvalue weighted by Gasteiger charge is 2.30. The first-order valence-corrected chi connectivity index (χ1v) is 4.80. The minimum atomic E-state index is -0.528. The predicted molar refractivity (Wildman–Crippen MR) is 52.4 cm³/mol. The number of furan rings is 1. The van der Waals surface area contributed by atoms with Gasteiger partial charge in [0.05, 0.1) is 12.3 Å². The number of rotatable bonds is 2. The molecule has 1 saturated heterocycles. The van der Waals surface area contributed by atoms with Gasteiger partial charge in [-0.25, -0.2) is 0 Å². The van der Waals surface area contributed by atoms with E-state index in [1.165, 1.54) is 6.26 Å². The van der Waals surface area contributed by atoms with Crippen LogP contribution >= 0.6 is 0 Å². The fourth-order valence-electron chi connectivity index (χ4n) is 1.48. The van der Waals surface area contributed by atoms with Gasteiger partial charge in [-0.3, -0.25) is 9.59 Å². The number of Topliss-reactive ketones (excluding diaryl/α,β-unsaturated/α-hetero) is 1. The van der Waals surface area contributed by atoms with E-state index in [0.717, 1.165) is 0 Å². The second-order valence-corrected chi connectivity index (χ2v) is 3.53. The summed E-state index contributed by atoms with van der Waals surface area (Å²) in [4.78, 5) is 23.1. The van der Waals surface area contributed by atoms with Gasteiger partial charge < -0.3 is 15.1 Å². The Labute approximate surface area is 86.8 Å². The number of ketones is 1. The summed E-state index contributed by atoms with van der Waals surface area (Å²) in [6, 6.07) is 2.46. The fourth-order valence-corrected chi connectivity index (χ4v) is 1.48. The van der Waals surface area contributed by atoms with E-state index >= 15 is 0 Å². The van der Waals surface area contributed by atoms with Crippen molar-refractivity contribution in [2.75, 3.05) is 6.54 Å². The summed E-state index contributed by atoms with van der Waals surface area (Å²) in [5.74, 6) is -0.0874. The molecule has 1 aromatic heterocycles. The Bertz CT molecular complexity index is 372. The van der Waals surface area contributed by atoms with Crippen LogP contribution in [0.25, 0.3) is 0 Å². The van der Waals surface area contributed by atoms with Gasteiger partial charge in [0, 0.05) is 6.54 Å². The summed E-state index contributed by atoms with van der Waals surface area (Å²) in [6.45, 7) is 2.19. The van der Waals surface area contributed by atoms with Gasteiger partial charge >= 0.3 is 0 Å². The van der Waals surface area contributed by atoms with Gasteiger partial charge in [-0.2, -0.15) is 0 Å². The smallest absolute Gasteiger partial charge is 0.237 e. The summed E-state index contributed by atoms with van der Waals surface area (Å²) in [5.41, 5.74) is 0. The molecule has 80 valence electrons. The summed E-state index contributed by atoms with van der Waals surface area (Å²) >= 11 is 0. The number of piperazine rings is 1. The van der Waals surface area contributed by atoms with E-state index in [-0.39, 0.29) is 23.5 Å². The number of nitrogens with one attached hydrogen (secondary N) is 2. The van der Waals surface area contributed by atoms with Crippen LogP contribution in [0.15, 0.2) is 22.8 Å². The SMILES string of the molecule is C[C@@H]1NCC(C(=O)c2ccco2)NC1=O. The van der Waals surface area contributed by atoms with E-state index in [9.17, 15) is 9.59 Å². The monoisotopic (exact) mass is 208 g/mol. The Morgan fingerprint density at radius 2 is 2.40 bits per heavy atom. The third kappa shape index (κ3) is 1.92. The Morgan fingerprint density at radius 3 is 3.00 bits per heavy atom. The van der Waals surface area contributed by atoms with Crippen LogP contribution in [0.2, 0.25) is 0 Å². The molecule has 2 N–H and O–H groups in total. The van der Waals surface area contributed by atoms with Crippen LogP contribution in [0.5, 0.6) is 0 Å². The molecule has 0 bridgehead atoms. The van der Waals surface area contributed by atoms with Crippen LogP contribution in [0.3, 0.4) is 0 Å². The topological polar surface area (TPSA) is 71.3 Å². The van der Waals surface area contributed by atoms with E-state index in [1.807, 2.05) is 0 Å². The normalized spacial score (nSPS) is 26.1. The molecule has 1 aliphatic heterocycles. The maximum Gasteiger partial charge on any atom is 0.237 e. The number of carbonyl (C=O) groups excluding carboxylic acids is 2. The van der Waals surface area contributed by atoms with Crippen molar-refractivity contribution in [2.45, 2.75) is 19.0 Å². The molecule has 1 fully saturated rings. The van der Waals surface area contributed by atoms with Gasteiger partial charge in [0.25, 0.3) is 0 Å². The van der Waals surface area contributed by atoms with E-state index in [0.29, 0.717) is 6.54 Å². The van der Waals surface area contributed by atoms with E-state index in [1.54, 1.807) is 19.1 Å². The highest BCUT2D eigenvalue weighted by Crippen LogP contribution is 2.06. The molecule has 1 unspecified atom stereocenters. The van der Waals surface area contributed by atoms with E-state index < -0.39 is 6.04 Å². The minimum Gasteiger partial charge on any atom is -0.461 e. The van der Waals surface area contributed by atoms with Crippen molar-refractivity contribution in [2.24, 2.45) is 0 Å². The molecule has 2 heterocycles. The van der Waals surface area contributed by atoms with Crippen LogP contribution in [0.4, 0.5) is 0 Å². The Hall–Kier alpha value is -1.62. The van der Waals surface area contributed by atoms with Gasteiger partial charge in [-0.15, -0.1) is 0 Å². The number of carbonyl (C=O) groups is 2. The molecule has 0 spiro atoms. The molecule has 1 aromatic rings. The molecule has 5 heteroatoms. The zero-order valence-electron chi connectivity index (χ0n) is 8.32. The van der Waals surface area contributed by atoms with Crippen molar-refractivity contribution in [3.8, 4) is 0 Å². The van der Waals surface area contributed by atoms with Gasteiger partial charge in [-0.05, 0) is 19.1 Å². The lowest BCUT2D eigenvalue weighted by molar-refractivity contribution is -0.124. The second kappa shape index (κ2) is 3.86. The Balaban J connectivity index is 2.07. The molecule has 2 atom stereocenters. The number of hydrogen-bond acceptors (Lipinski definition) is 4. The molecule has 15 heavy (non-hydrogen) atoms. The van der Waals surface area contributed by atoms with Crippen molar-refractivity contribution in [3.05, 3.63) is 24.2 Å². The fraction of sp³-hybridized carbons (Fsp3) is 0.400. The third-order valence-corrected chi connectivity index (χ3v) is 2.42. The highest BCUT2D eigenvalue weighted by molar-refractivity contribution is 6.01. The molecule has 0 radical (unpaired) electrons. The van der Waals surface area contributed by atoms with E-state index in [4.69, 9.17) is 4.42 Å². The number of amides is 1. The second-order valence-electron chi connectivity index (χ2n) is 3.53. The predicted octanol–water partition coefficient (Wildman–Crippen LogP) is -0.0612. The van der Waals surface area contributed by atoms with Crippen molar-refractivity contribution in [1.29, 1.82) is 0 Å². The summed E-state index contributed by atoms with van der Waals surface area (Å²) in [7, 11) is 0. The van der Waals surface area contributed by atoms with Crippen LogP contribution in [0.1, 0.15) is 17.5 Å². The van der Waals surface area contributed by atoms with Crippen LogP contribution < -0.4 is 10.6 Å². The van der Waals surface area contributed by atoms with E-state index in [2.05, 4.69) is 10.6 Å². The van der Waals surface area contributed by atoms with Crippen LogP contribution in [-0.4, -0.2) is 30.3 Å². The lowest BCUT2D eigenvalue weighted by Gasteiger charge is -2.26. The first-order chi connectivity index (χ1) is 7.18. The zero-order chi connectivity index (χ0) is 10.8. The molecule has 2 rings (SSSR count). The lowest BCUT2D eigenvalue weighted by atomic mass is 10.1. The minimum absolute atomic E-state index is 0.161. The van der Waals surface area contributed by atoms with Crippen LogP contribution in [-0.2, 0) is 4.79 Å². The van der Waals surface area contributed by atoms with Gasteiger partial charge in [0.2, 0.25) is 11.7 Å². The van der Waals surface area contributed by atoms with Crippen LogP contribution in [0, 0.1) is 0 Å². The Morgan fingerprint density at radius 1 is 1.60 bits per heavy atom. The van der Waals surface area contributed by atoms with Gasteiger partial charge in [-0.1, -0.05) is 0 Å². The quantitative estimate of drug-likeness (QED) is 0.668. The maximum atomic E-state index is 11.8. The van der Waals surface area contributed by atoms with Crippen molar-refractivity contribution >= 4 is 11.7 Å². The molecule has 5 nitrogen and oxygen atoms in total. The molecule has 0 saturated carbocycles. The van der Waals surface area contributed by atoms with Gasteiger partial charge in [0.15, 0.2) is 5.76 Å². The average molecular weight is 208 g/mol. The highest BCUT2D eigenvalue weighted by atomic mass is 16.3. The van der Waals surface area contributed by atoms with Crippen molar-refractivity contribution in [1.82, 2.24) is 10.6 Å². The summed E-state index contributed by atoms with van der Waals surface area (Å²) in [6.07, 6.45) is 1.44. The zero-order valence-corrected chi connectivity index (χ0v) is 8.32. The summed E-state index contributed by atoms with van der Waals surface area (Å²) in [5, 5.41) is 5.59. The molecule has 0 aliphatic carbocycles. The van der Waals surface area contributed by atoms with Gasteiger partial charge in [0.1, 0.15) is 6.04 Å².